The second kappa shape index (κ2) is 10.6. The van der Waals surface area contributed by atoms with E-state index in [4.69, 9.17) is 15.2 Å². The number of hydrogen-bond donors (Lipinski definition) is 2. The number of nitrogens with two attached hydrogens (primary N) is 1. The van der Waals surface area contributed by atoms with E-state index in [9.17, 15) is 19.1 Å². The number of primary amides is 1. The number of rotatable bonds is 2. The monoisotopic (exact) mass is 493 g/mol. The molecule has 1 aromatic carbocycles. The molecule has 2 aliphatic heterocycles. The molecular weight excluding hydrogens is 469 g/mol. The Kier molecular flexibility index (Phi) is 7.28. The van der Waals surface area contributed by atoms with Crippen LogP contribution in [0.1, 0.15) is 23.2 Å². The molecule has 10 nitrogen and oxygen atoms in total. The highest BCUT2D eigenvalue weighted by Crippen LogP contribution is 2.31. The number of carbonyl (C=O) groups excluding carboxylic acids is 2. The number of carbonyl (C=O) groups is 2. The Morgan fingerprint density at radius 2 is 2.11 bits per heavy atom. The molecule has 36 heavy (non-hydrogen) atoms. The summed E-state index contributed by atoms with van der Waals surface area (Å²) in [5, 5.41) is 13.6. The summed E-state index contributed by atoms with van der Waals surface area (Å²) in [6.07, 6.45) is 3.76. The molecule has 2 amide bonds. The molecule has 0 bridgehead atoms. The lowest BCUT2D eigenvalue weighted by Gasteiger charge is -2.30. The lowest BCUT2D eigenvalue weighted by molar-refractivity contribution is -0.140. The van der Waals surface area contributed by atoms with E-state index in [0.29, 0.717) is 36.6 Å². The zero-order chi connectivity index (χ0) is 25.7. The molecule has 11 heteroatoms. The van der Waals surface area contributed by atoms with E-state index in [2.05, 4.69) is 21.9 Å². The Bertz CT molecular complexity index is 1340. The number of halogens is 1. The van der Waals surface area contributed by atoms with Crippen LogP contribution in [0.3, 0.4) is 0 Å². The van der Waals surface area contributed by atoms with Gasteiger partial charge in [-0.25, -0.2) is 9.78 Å². The van der Waals surface area contributed by atoms with Gasteiger partial charge in [0.15, 0.2) is 5.60 Å². The predicted molar refractivity (Wildman–Crippen MR) is 127 cm³/mol. The van der Waals surface area contributed by atoms with Crippen LogP contribution in [0.2, 0.25) is 0 Å². The molecule has 0 aliphatic carbocycles. The van der Waals surface area contributed by atoms with Gasteiger partial charge in [0, 0.05) is 30.9 Å². The van der Waals surface area contributed by atoms with E-state index in [-0.39, 0.29) is 19.1 Å². The third kappa shape index (κ3) is 6.04. The number of fused-ring (bicyclic) bond motifs is 1. The average molecular weight is 493 g/mol. The Labute approximate surface area is 206 Å². The van der Waals surface area contributed by atoms with Gasteiger partial charge in [0.2, 0.25) is 11.9 Å². The molecule has 2 aromatic heterocycles. The summed E-state index contributed by atoms with van der Waals surface area (Å²) >= 11 is 0. The fraction of sp³-hybridized carbons (Fsp3) is 0.280. The maximum Gasteiger partial charge on any atom is 0.339 e. The van der Waals surface area contributed by atoms with Gasteiger partial charge in [0.25, 0.3) is 0 Å². The first kappa shape index (κ1) is 24.8. The molecule has 0 radical (unpaired) electrons. The van der Waals surface area contributed by atoms with Gasteiger partial charge in [-0.05, 0) is 35.9 Å². The van der Waals surface area contributed by atoms with Crippen LogP contribution in [-0.4, -0.2) is 64.3 Å². The van der Waals surface area contributed by atoms with Gasteiger partial charge >= 0.3 is 6.03 Å². The van der Waals surface area contributed by atoms with Crippen LogP contribution in [0.25, 0.3) is 0 Å². The summed E-state index contributed by atoms with van der Waals surface area (Å²) in [7, 11) is 1.72. The van der Waals surface area contributed by atoms with Crippen LogP contribution in [0.5, 0.6) is 5.75 Å². The van der Waals surface area contributed by atoms with Gasteiger partial charge in [-0.1, -0.05) is 17.9 Å². The lowest BCUT2D eigenvalue weighted by atomic mass is 10.0. The Morgan fingerprint density at radius 3 is 2.78 bits per heavy atom. The van der Waals surface area contributed by atoms with E-state index in [0.717, 1.165) is 15.8 Å². The summed E-state index contributed by atoms with van der Waals surface area (Å²) in [5.41, 5.74) is 6.75. The number of aromatic nitrogens is 3. The topological polar surface area (TPSA) is 133 Å². The number of aliphatic hydroxyl groups is 1. The van der Waals surface area contributed by atoms with Gasteiger partial charge < -0.3 is 25.2 Å². The van der Waals surface area contributed by atoms with Crippen LogP contribution < -0.4 is 15.4 Å². The van der Waals surface area contributed by atoms with E-state index in [1.165, 1.54) is 18.5 Å². The first-order valence-corrected chi connectivity index (χ1v) is 11.0. The zero-order valence-corrected chi connectivity index (χ0v) is 19.5. The highest BCUT2D eigenvalue weighted by molar-refractivity contribution is 5.95. The molecule has 1 fully saturated rings. The van der Waals surface area contributed by atoms with E-state index < -0.39 is 17.6 Å². The van der Waals surface area contributed by atoms with Crippen LogP contribution in [0, 0.1) is 17.8 Å². The number of pyridine rings is 1. The fourth-order valence-electron chi connectivity index (χ4n) is 3.42. The van der Waals surface area contributed by atoms with Gasteiger partial charge in [-0.2, -0.15) is 14.2 Å². The highest BCUT2D eigenvalue weighted by Gasteiger charge is 2.33. The van der Waals surface area contributed by atoms with E-state index >= 15 is 0 Å². The standard InChI is InChI=1S/C15H15NO4.C10H9FN4O/c1-16-12-8-11(4-6-15(18)9-19-10-15)2-3-13(12)20-7-5-14(16)17;11-9-3-1-2-8(14-9)4-7-5-13-15(6-7)10(12)16/h2-3,8,18H,5,7,9-10H2,1H3;1-3,5-6H,4H2,(H2,12,16). The Balaban J connectivity index is 0.000000174. The highest BCUT2D eigenvalue weighted by atomic mass is 19.1. The normalized spacial score (nSPS) is 15.6. The number of benzene rings is 1. The number of nitrogens with zero attached hydrogens (tertiary/aromatic N) is 4. The maximum absolute atomic E-state index is 12.8. The molecule has 186 valence electrons. The largest absolute Gasteiger partial charge is 0.491 e. The summed E-state index contributed by atoms with van der Waals surface area (Å²) in [6, 6.07) is 9.32. The minimum Gasteiger partial charge on any atom is -0.491 e. The number of amides is 2. The number of hydrogen-bond acceptors (Lipinski definition) is 7. The van der Waals surface area contributed by atoms with E-state index in [1.807, 2.05) is 6.07 Å². The third-order valence-electron chi connectivity index (χ3n) is 5.41. The van der Waals surface area contributed by atoms with Gasteiger partial charge in [-0.15, -0.1) is 0 Å². The van der Waals surface area contributed by atoms with Gasteiger partial charge in [-0.3, -0.25) is 4.79 Å². The molecule has 0 spiro atoms. The second-order valence-corrected chi connectivity index (χ2v) is 8.27. The van der Waals surface area contributed by atoms with Crippen molar-refractivity contribution < 1.29 is 28.6 Å². The van der Waals surface area contributed by atoms with Crippen LogP contribution >= 0.6 is 0 Å². The summed E-state index contributed by atoms with van der Waals surface area (Å²) in [5.74, 6) is 5.88. The third-order valence-corrected chi connectivity index (χ3v) is 5.41. The van der Waals surface area contributed by atoms with Crippen LogP contribution in [0.15, 0.2) is 48.8 Å². The fourth-order valence-corrected chi connectivity index (χ4v) is 3.42. The van der Waals surface area contributed by atoms with E-state index in [1.54, 1.807) is 36.2 Å². The molecule has 5 rings (SSSR count). The molecule has 0 saturated carbocycles. The second-order valence-electron chi connectivity index (χ2n) is 8.27. The quantitative estimate of drug-likeness (QED) is 0.408. The molecule has 3 N–H and O–H groups in total. The van der Waals surface area contributed by atoms with Crippen LogP contribution in [0.4, 0.5) is 14.9 Å². The molecule has 1 saturated heterocycles. The van der Waals surface area contributed by atoms with Gasteiger partial charge in [0.1, 0.15) is 5.75 Å². The van der Waals surface area contributed by atoms with Crippen molar-refractivity contribution in [2.75, 3.05) is 31.8 Å². The van der Waals surface area contributed by atoms with Crippen molar-refractivity contribution in [1.29, 1.82) is 0 Å². The van der Waals surface area contributed by atoms with Crippen molar-refractivity contribution in [3.05, 3.63) is 71.6 Å². The smallest absolute Gasteiger partial charge is 0.339 e. The Morgan fingerprint density at radius 1 is 1.31 bits per heavy atom. The summed E-state index contributed by atoms with van der Waals surface area (Å²) < 4.78 is 24.3. The zero-order valence-electron chi connectivity index (χ0n) is 19.5. The number of anilines is 1. The van der Waals surface area contributed by atoms with Crippen molar-refractivity contribution in [3.8, 4) is 17.6 Å². The maximum atomic E-state index is 12.8. The SMILES string of the molecule is CN1C(=O)CCOc2ccc(C#CC3(O)COC3)cc21.NC(=O)n1cc(Cc2cccc(F)n2)cn1. The predicted octanol–water partition coefficient (Wildman–Crippen LogP) is 1.48. The molecule has 0 atom stereocenters. The summed E-state index contributed by atoms with van der Waals surface area (Å²) in [4.78, 5) is 27.9. The lowest BCUT2D eigenvalue weighted by Crippen LogP contribution is -2.48. The molecular formula is C25H24FN5O5. The molecule has 0 unspecified atom stereocenters. The Hall–Kier alpha value is -4.27. The summed E-state index contributed by atoms with van der Waals surface area (Å²) in [6.45, 7) is 0.872. The minimum atomic E-state index is -1.04. The van der Waals surface area contributed by atoms with Gasteiger partial charge in [0.05, 0.1) is 38.1 Å². The molecule has 3 aromatic rings. The minimum absolute atomic E-state index is 0.0138. The van der Waals surface area contributed by atoms with Crippen molar-refractivity contribution in [2.45, 2.75) is 18.4 Å². The first-order valence-electron chi connectivity index (χ1n) is 11.0. The van der Waals surface area contributed by atoms with Crippen molar-refractivity contribution in [1.82, 2.24) is 14.8 Å². The molecule has 2 aliphatic rings. The molecule has 4 heterocycles. The van der Waals surface area contributed by atoms with Crippen molar-refractivity contribution in [3.63, 3.8) is 0 Å². The van der Waals surface area contributed by atoms with Crippen molar-refractivity contribution in [2.24, 2.45) is 5.73 Å². The first-order chi connectivity index (χ1) is 17.2. The van der Waals surface area contributed by atoms with Crippen molar-refractivity contribution >= 4 is 17.6 Å². The average Bonchev–Trinajstić information content (AvgIpc) is 3.25. The van der Waals surface area contributed by atoms with Crippen LogP contribution in [-0.2, 0) is 16.0 Å². The number of ether oxygens (including phenoxy) is 2.